The van der Waals surface area contributed by atoms with Crippen molar-refractivity contribution in [1.82, 2.24) is 29.3 Å². The Morgan fingerprint density at radius 1 is 1.05 bits per heavy atom. The number of thiazole rings is 1. The summed E-state index contributed by atoms with van der Waals surface area (Å²) in [6, 6.07) is 11.3. The fraction of sp³-hybridized carbons (Fsp3) is 0.415. The molecule has 4 heterocycles. The third kappa shape index (κ3) is 8.37. The molecule has 3 amide bonds. The molecule has 3 N–H and O–H groups in total. The monoisotopic (exact) mass is 801 g/mol. The van der Waals surface area contributed by atoms with Crippen LogP contribution in [0.15, 0.2) is 53.3 Å². The largest absolute Gasteiger partial charge is 0.433 e. The van der Waals surface area contributed by atoms with Crippen molar-refractivity contribution in [3.8, 4) is 11.8 Å². The van der Waals surface area contributed by atoms with Crippen LogP contribution in [0.25, 0.3) is 21.3 Å². The highest BCUT2D eigenvalue weighted by molar-refractivity contribution is 7.18. The van der Waals surface area contributed by atoms with Crippen molar-refractivity contribution in [2.75, 3.05) is 25.5 Å². The Kier molecular flexibility index (Phi) is 10.9. The molecule has 0 radical (unpaired) electrons. The smallest absolute Gasteiger partial charge is 0.386 e. The fourth-order valence-electron chi connectivity index (χ4n) is 7.82. The van der Waals surface area contributed by atoms with Gasteiger partial charge in [-0.3, -0.25) is 33.7 Å². The number of piperidine rings is 1. The van der Waals surface area contributed by atoms with Gasteiger partial charge in [-0.25, -0.2) is 14.8 Å². The predicted molar refractivity (Wildman–Crippen MR) is 210 cm³/mol. The van der Waals surface area contributed by atoms with Crippen LogP contribution in [0.2, 0.25) is 0 Å². The Bertz CT molecular complexity index is 2520. The normalized spacial score (nSPS) is 19.1. The van der Waals surface area contributed by atoms with Crippen molar-refractivity contribution in [3.05, 3.63) is 86.5 Å². The molecule has 1 saturated heterocycles. The lowest BCUT2D eigenvalue weighted by atomic mass is 9.82. The number of aryl methyl sites for hydroxylation is 1. The first-order chi connectivity index (χ1) is 27.0. The molecule has 1 atom stereocenters. The number of pyridine rings is 1. The molecule has 0 bridgehead atoms. The van der Waals surface area contributed by atoms with Crippen LogP contribution >= 0.6 is 11.3 Å². The molecule has 2 aromatic carbocycles. The Morgan fingerprint density at radius 2 is 1.79 bits per heavy atom. The van der Waals surface area contributed by atoms with E-state index in [1.54, 1.807) is 39.1 Å². The number of hydrogen-bond donors (Lipinski definition) is 3. The van der Waals surface area contributed by atoms with Gasteiger partial charge in [0.25, 0.3) is 5.91 Å². The van der Waals surface area contributed by atoms with Crippen LogP contribution in [0, 0.1) is 17.8 Å². The molecule has 12 nitrogen and oxygen atoms in total. The van der Waals surface area contributed by atoms with E-state index in [0.29, 0.717) is 40.1 Å². The van der Waals surface area contributed by atoms with Crippen molar-refractivity contribution in [2.45, 2.75) is 76.1 Å². The number of rotatable bonds is 8. The van der Waals surface area contributed by atoms with Gasteiger partial charge in [-0.2, -0.15) is 13.2 Å². The van der Waals surface area contributed by atoms with Gasteiger partial charge in [-0.05, 0) is 95.3 Å². The molecule has 298 valence electrons. The molecule has 57 heavy (non-hydrogen) atoms. The maximum Gasteiger partial charge on any atom is 0.433 e. The molecule has 2 fully saturated rings. The van der Waals surface area contributed by atoms with E-state index in [4.69, 9.17) is 4.98 Å². The fourth-order valence-corrected chi connectivity index (χ4v) is 8.97. The van der Waals surface area contributed by atoms with E-state index >= 15 is 0 Å². The highest BCUT2D eigenvalue weighted by Gasteiger charge is 2.34. The number of nitrogens with one attached hydrogen (secondary N) is 2. The van der Waals surface area contributed by atoms with Crippen LogP contribution in [0.4, 0.5) is 18.9 Å². The number of alkyl halides is 3. The standard InChI is InChI=1S/C41H42F3N7O5S/c1-40(2,56)26-20-29-32(21-28(26)46-36(53)27-10-6-12-33(45-27)41(42,43)44)57-38(47-29)25-15-13-23(14-16-25)22-49(3)19-7-9-24-8-5-11-30-35(24)50(4)39(55)51(30)31-17-18-34(52)48-37(31)54/h5-6,8,10-12,20-21,23,25,31,56H,13-19,22H2,1-4H3,(H,46,53)(H,48,52,54)/t23-,25-,31?. The summed E-state index contributed by atoms with van der Waals surface area (Å²) in [6.45, 7) is 4.50. The number of aliphatic hydroxyl groups is 1. The van der Waals surface area contributed by atoms with Gasteiger partial charge in [-0.15, -0.1) is 11.3 Å². The van der Waals surface area contributed by atoms with E-state index in [0.717, 1.165) is 54.1 Å². The van der Waals surface area contributed by atoms with Crippen LogP contribution in [0.1, 0.15) is 96.6 Å². The van der Waals surface area contributed by atoms with Crippen molar-refractivity contribution in [3.63, 3.8) is 0 Å². The molecule has 1 saturated carbocycles. The van der Waals surface area contributed by atoms with Crippen molar-refractivity contribution >= 4 is 56.0 Å². The summed E-state index contributed by atoms with van der Waals surface area (Å²) in [4.78, 5) is 61.2. The topological polar surface area (TPSA) is 151 Å². The first-order valence-electron chi connectivity index (χ1n) is 18.7. The number of anilines is 1. The lowest BCUT2D eigenvalue weighted by Crippen LogP contribution is -2.44. The number of hydrogen-bond acceptors (Lipinski definition) is 9. The van der Waals surface area contributed by atoms with Gasteiger partial charge in [-0.1, -0.05) is 24.0 Å². The number of benzene rings is 2. The third-order valence-corrected chi connectivity index (χ3v) is 11.9. The first-order valence-corrected chi connectivity index (χ1v) is 19.5. The predicted octanol–water partition coefficient (Wildman–Crippen LogP) is 6.08. The summed E-state index contributed by atoms with van der Waals surface area (Å²) in [7, 11) is 3.69. The number of para-hydroxylation sites is 1. The molecule has 0 spiro atoms. The maximum atomic E-state index is 13.3. The summed E-state index contributed by atoms with van der Waals surface area (Å²) < 4.78 is 43.5. The lowest BCUT2D eigenvalue weighted by molar-refractivity contribution is -0.141. The number of imidazole rings is 1. The van der Waals surface area contributed by atoms with Gasteiger partial charge in [0.15, 0.2) is 0 Å². The summed E-state index contributed by atoms with van der Waals surface area (Å²) in [5.74, 6) is 5.54. The Morgan fingerprint density at radius 3 is 2.49 bits per heavy atom. The second-order valence-corrected chi connectivity index (χ2v) is 16.5. The number of amides is 3. The van der Waals surface area contributed by atoms with E-state index in [2.05, 4.69) is 32.4 Å². The highest BCUT2D eigenvalue weighted by atomic mass is 32.1. The molecule has 5 aromatic rings. The SMILES string of the molecule is CN(CC#Cc1cccc2c1n(C)c(=O)n2C1CCC(=O)NC1=O)C[C@H]1CC[C@H](c2nc3cc(C(C)(C)O)c(NC(=O)c4cccc(C(F)(F)F)n4)cc3s2)CC1. The molecule has 1 aliphatic carbocycles. The number of halogens is 3. The minimum absolute atomic E-state index is 0.167. The van der Waals surface area contributed by atoms with Gasteiger partial charge in [0.2, 0.25) is 11.8 Å². The molecule has 1 aliphatic heterocycles. The van der Waals surface area contributed by atoms with Gasteiger partial charge < -0.3 is 10.4 Å². The zero-order chi connectivity index (χ0) is 40.8. The van der Waals surface area contributed by atoms with E-state index in [-0.39, 0.29) is 36.0 Å². The second kappa shape index (κ2) is 15.5. The van der Waals surface area contributed by atoms with E-state index in [9.17, 15) is 37.5 Å². The highest BCUT2D eigenvalue weighted by Crippen LogP contribution is 2.41. The Labute approximate surface area is 330 Å². The van der Waals surface area contributed by atoms with Crippen molar-refractivity contribution in [2.24, 2.45) is 13.0 Å². The molecule has 2 aliphatic rings. The Hall–Kier alpha value is -5.37. The number of aromatic nitrogens is 4. The van der Waals surface area contributed by atoms with Crippen LogP contribution in [0.5, 0.6) is 0 Å². The second-order valence-electron chi connectivity index (χ2n) is 15.4. The summed E-state index contributed by atoms with van der Waals surface area (Å²) in [6.07, 6.45) is -0.410. The minimum Gasteiger partial charge on any atom is -0.386 e. The molecular weight excluding hydrogens is 760 g/mol. The van der Waals surface area contributed by atoms with Crippen LogP contribution in [-0.4, -0.2) is 67.0 Å². The number of nitrogens with zero attached hydrogens (tertiary/aromatic N) is 5. The van der Waals surface area contributed by atoms with E-state index < -0.39 is 41.0 Å². The average molecular weight is 802 g/mol. The summed E-state index contributed by atoms with van der Waals surface area (Å²) in [5.41, 5.74) is -0.0395. The van der Waals surface area contributed by atoms with E-state index in [1.165, 1.54) is 26.5 Å². The van der Waals surface area contributed by atoms with Gasteiger partial charge >= 0.3 is 11.9 Å². The molecule has 7 rings (SSSR count). The third-order valence-electron chi connectivity index (χ3n) is 10.7. The van der Waals surface area contributed by atoms with Gasteiger partial charge in [0, 0.05) is 37.2 Å². The summed E-state index contributed by atoms with van der Waals surface area (Å²) in [5, 5.41) is 16.9. The number of fused-ring (bicyclic) bond motifs is 2. The van der Waals surface area contributed by atoms with Gasteiger partial charge in [0.1, 0.15) is 17.4 Å². The Balaban J connectivity index is 0.989. The van der Waals surface area contributed by atoms with Crippen molar-refractivity contribution in [1.29, 1.82) is 0 Å². The van der Waals surface area contributed by atoms with Crippen LogP contribution in [-0.2, 0) is 28.4 Å². The molecule has 3 aromatic heterocycles. The quantitative estimate of drug-likeness (QED) is 0.126. The average Bonchev–Trinajstić information content (AvgIpc) is 3.68. The van der Waals surface area contributed by atoms with Crippen LogP contribution in [0.3, 0.4) is 0 Å². The number of carbonyl (C=O) groups is 3. The molecule has 16 heteroatoms. The van der Waals surface area contributed by atoms with E-state index in [1.807, 2.05) is 19.2 Å². The van der Waals surface area contributed by atoms with Crippen LogP contribution < -0.4 is 16.3 Å². The van der Waals surface area contributed by atoms with Gasteiger partial charge in [0.05, 0.1) is 44.0 Å². The van der Waals surface area contributed by atoms with Crippen molar-refractivity contribution < 1.29 is 32.7 Å². The molecule has 1 unspecified atom stereocenters. The zero-order valence-electron chi connectivity index (χ0n) is 31.9. The lowest BCUT2D eigenvalue weighted by Gasteiger charge is -2.29. The number of carbonyl (C=O) groups excluding carboxylic acids is 3. The first kappa shape index (κ1) is 39.8. The summed E-state index contributed by atoms with van der Waals surface area (Å²) >= 11 is 1.51. The minimum atomic E-state index is -4.70. The maximum absolute atomic E-state index is 13.3. The zero-order valence-corrected chi connectivity index (χ0v) is 32.7. The number of imide groups is 1. The molecular formula is C41H42F3N7O5S.